The first-order chi connectivity index (χ1) is 8.76. The molecule has 1 heterocycles. The van der Waals surface area contributed by atoms with Crippen LogP contribution in [0.25, 0.3) is 0 Å². The summed E-state index contributed by atoms with van der Waals surface area (Å²) in [5.74, 6) is -1.40. The summed E-state index contributed by atoms with van der Waals surface area (Å²) in [6, 6.07) is 0.994. The lowest BCUT2D eigenvalue weighted by Crippen LogP contribution is -2.37. The average Bonchev–Trinajstić information content (AvgIpc) is 2.36. The predicted molar refractivity (Wildman–Crippen MR) is 64.1 cm³/mol. The molecule has 1 unspecified atom stereocenters. The van der Waals surface area contributed by atoms with Crippen molar-refractivity contribution in [2.75, 3.05) is 18.5 Å². The van der Waals surface area contributed by atoms with E-state index >= 15 is 0 Å². The zero-order chi connectivity index (χ0) is 14.6. The highest BCUT2D eigenvalue weighted by molar-refractivity contribution is 5.93. The molecule has 1 aromatic heterocycles. The highest BCUT2D eigenvalue weighted by Crippen LogP contribution is 2.20. The maximum absolute atomic E-state index is 10.9. The second-order valence-corrected chi connectivity index (χ2v) is 4.16. The Bertz CT molecular complexity index is 502. The first kappa shape index (κ1) is 14.8. The standard InChI is InChI=1S/C10H13N3O6/c1-10(17,5-14)4-12-8-2-6(9(15)16)7(3-11-8)13(18)19/h2-3,14,17H,4-5H2,1H3,(H,11,12)(H,15,16). The predicted octanol–water partition coefficient (Wildman–Crippen LogP) is -0.157. The molecule has 19 heavy (non-hydrogen) atoms. The summed E-state index contributed by atoms with van der Waals surface area (Å²) in [6.07, 6.45) is 0.819. The van der Waals surface area contributed by atoms with Gasteiger partial charge in [-0.2, -0.15) is 0 Å². The minimum Gasteiger partial charge on any atom is -0.477 e. The molecule has 0 radical (unpaired) electrons. The Morgan fingerprint density at radius 2 is 2.26 bits per heavy atom. The molecule has 1 atom stereocenters. The molecule has 1 aromatic rings. The van der Waals surface area contributed by atoms with E-state index in [-0.39, 0.29) is 12.4 Å². The number of rotatable bonds is 6. The topological polar surface area (TPSA) is 146 Å². The molecule has 0 saturated carbocycles. The first-order valence-corrected chi connectivity index (χ1v) is 5.21. The van der Waals surface area contributed by atoms with Crippen LogP contribution in [0.1, 0.15) is 17.3 Å². The number of carbonyl (C=O) groups is 1. The second-order valence-electron chi connectivity index (χ2n) is 4.16. The molecule has 9 nitrogen and oxygen atoms in total. The van der Waals surface area contributed by atoms with Crippen molar-refractivity contribution >= 4 is 17.5 Å². The Morgan fingerprint density at radius 1 is 1.63 bits per heavy atom. The van der Waals surface area contributed by atoms with Crippen LogP contribution in [0.4, 0.5) is 11.5 Å². The summed E-state index contributed by atoms with van der Waals surface area (Å²) in [5, 5.41) is 40.4. The zero-order valence-electron chi connectivity index (χ0n) is 10.0. The van der Waals surface area contributed by atoms with Gasteiger partial charge in [0.05, 0.1) is 11.5 Å². The lowest BCUT2D eigenvalue weighted by atomic mass is 10.1. The highest BCUT2D eigenvalue weighted by atomic mass is 16.6. The molecule has 0 aliphatic heterocycles. The zero-order valence-corrected chi connectivity index (χ0v) is 10.0. The fourth-order valence-corrected chi connectivity index (χ4v) is 1.20. The van der Waals surface area contributed by atoms with Crippen molar-refractivity contribution in [1.29, 1.82) is 0 Å². The number of anilines is 1. The van der Waals surface area contributed by atoms with Gasteiger partial charge in [0.25, 0.3) is 0 Å². The van der Waals surface area contributed by atoms with Crippen LogP contribution >= 0.6 is 0 Å². The number of aromatic nitrogens is 1. The molecule has 0 amide bonds. The Hall–Kier alpha value is -2.26. The van der Waals surface area contributed by atoms with Gasteiger partial charge in [0.1, 0.15) is 23.2 Å². The maximum Gasteiger partial charge on any atom is 0.342 e. The summed E-state index contributed by atoms with van der Waals surface area (Å²) >= 11 is 0. The number of carboxylic acids is 1. The lowest BCUT2D eigenvalue weighted by Gasteiger charge is -2.20. The van der Waals surface area contributed by atoms with Crippen molar-refractivity contribution in [1.82, 2.24) is 4.98 Å². The molecule has 4 N–H and O–H groups in total. The summed E-state index contributed by atoms with van der Waals surface area (Å²) in [6.45, 7) is 0.773. The van der Waals surface area contributed by atoms with Crippen LogP contribution in [-0.2, 0) is 0 Å². The van der Waals surface area contributed by atoms with E-state index < -0.39 is 34.4 Å². The van der Waals surface area contributed by atoms with Gasteiger partial charge in [0, 0.05) is 12.6 Å². The first-order valence-electron chi connectivity index (χ1n) is 5.21. The van der Waals surface area contributed by atoms with Crippen molar-refractivity contribution in [2.45, 2.75) is 12.5 Å². The molecule has 0 aromatic carbocycles. The van der Waals surface area contributed by atoms with Gasteiger partial charge in [-0.25, -0.2) is 9.78 Å². The number of aromatic carboxylic acids is 1. The second kappa shape index (κ2) is 5.59. The molecule has 9 heteroatoms. The summed E-state index contributed by atoms with van der Waals surface area (Å²) < 4.78 is 0. The van der Waals surface area contributed by atoms with E-state index in [9.17, 15) is 20.0 Å². The Labute approximate surface area is 107 Å². The minimum absolute atomic E-state index is 0.0525. The fourth-order valence-electron chi connectivity index (χ4n) is 1.20. The van der Waals surface area contributed by atoms with E-state index in [1.807, 2.05) is 0 Å². The van der Waals surface area contributed by atoms with E-state index in [1.54, 1.807) is 0 Å². The average molecular weight is 271 g/mol. The van der Waals surface area contributed by atoms with Crippen molar-refractivity contribution in [3.8, 4) is 0 Å². The van der Waals surface area contributed by atoms with Gasteiger partial charge in [-0.1, -0.05) is 0 Å². The van der Waals surface area contributed by atoms with Gasteiger partial charge in [0.15, 0.2) is 0 Å². The van der Waals surface area contributed by atoms with Gasteiger partial charge in [0.2, 0.25) is 0 Å². The van der Waals surface area contributed by atoms with Crippen LogP contribution in [0.3, 0.4) is 0 Å². The third kappa shape index (κ3) is 3.86. The number of nitrogens with zero attached hydrogens (tertiary/aromatic N) is 2. The van der Waals surface area contributed by atoms with Crippen LogP contribution in [-0.4, -0.2) is 49.9 Å². The van der Waals surface area contributed by atoms with E-state index in [4.69, 9.17) is 10.2 Å². The fraction of sp³-hybridized carbons (Fsp3) is 0.400. The minimum atomic E-state index is -1.45. The van der Waals surface area contributed by atoms with E-state index in [1.165, 1.54) is 6.92 Å². The van der Waals surface area contributed by atoms with Crippen LogP contribution in [0, 0.1) is 10.1 Å². The molecule has 104 valence electrons. The monoisotopic (exact) mass is 271 g/mol. The number of nitrogens with one attached hydrogen (secondary N) is 1. The van der Waals surface area contributed by atoms with Crippen LogP contribution in [0.15, 0.2) is 12.3 Å². The Kier molecular flexibility index (Phi) is 4.35. The third-order valence-electron chi connectivity index (χ3n) is 2.30. The van der Waals surface area contributed by atoms with Gasteiger partial charge in [-0.3, -0.25) is 10.1 Å². The molecule has 1 rings (SSSR count). The van der Waals surface area contributed by atoms with Crippen LogP contribution in [0.2, 0.25) is 0 Å². The van der Waals surface area contributed by atoms with E-state index in [0.29, 0.717) is 0 Å². The number of hydrogen-bond donors (Lipinski definition) is 4. The van der Waals surface area contributed by atoms with Crippen molar-refractivity contribution in [2.24, 2.45) is 0 Å². The number of carboxylic acid groups (broad SMARTS) is 1. The number of pyridine rings is 1. The molecule has 0 aliphatic rings. The Balaban J connectivity index is 2.97. The number of hydrogen-bond acceptors (Lipinski definition) is 7. The number of aliphatic hydroxyl groups is 2. The SMILES string of the molecule is CC(O)(CO)CNc1cc(C(=O)O)c([N+](=O)[O-])cn1. The largest absolute Gasteiger partial charge is 0.477 e. The van der Waals surface area contributed by atoms with Crippen molar-refractivity contribution in [3.63, 3.8) is 0 Å². The molecular formula is C10H13N3O6. The van der Waals surface area contributed by atoms with E-state index in [0.717, 1.165) is 12.3 Å². The number of nitro groups is 1. The van der Waals surface area contributed by atoms with E-state index in [2.05, 4.69) is 10.3 Å². The van der Waals surface area contributed by atoms with Gasteiger partial charge in [-0.15, -0.1) is 0 Å². The van der Waals surface area contributed by atoms with Crippen LogP contribution < -0.4 is 5.32 Å². The van der Waals surface area contributed by atoms with Crippen molar-refractivity contribution in [3.05, 3.63) is 27.9 Å². The van der Waals surface area contributed by atoms with Gasteiger partial charge in [-0.05, 0) is 6.92 Å². The summed E-state index contributed by atoms with van der Waals surface area (Å²) in [4.78, 5) is 24.3. The quantitative estimate of drug-likeness (QED) is 0.412. The molecule has 0 saturated heterocycles. The molecular weight excluding hydrogens is 258 g/mol. The molecule has 0 fully saturated rings. The Morgan fingerprint density at radius 3 is 2.74 bits per heavy atom. The smallest absolute Gasteiger partial charge is 0.342 e. The van der Waals surface area contributed by atoms with Crippen LogP contribution in [0.5, 0.6) is 0 Å². The highest BCUT2D eigenvalue weighted by Gasteiger charge is 2.23. The summed E-state index contributed by atoms with van der Waals surface area (Å²) in [5.41, 5.74) is -2.54. The normalized spacial score (nSPS) is 13.6. The molecule has 0 aliphatic carbocycles. The summed E-state index contributed by atoms with van der Waals surface area (Å²) in [7, 11) is 0. The van der Waals surface area contributed by atoms with Gasteiger partial charge >= 0.3 is 11.7 Å². The number of aliphatic hydroxyl groups excluding tert-OH is 1. The molecule has 0 bridgehead atoms. The maximum atomic E-state index is 10.9. The van der Waals surface area contributed by atoms with Crippen molar-refractivity contribution < 1.29 is 25.0 Å². The van der Waals surface area contributed by atoms with Gasteiger partial charge < -0.3 is 20.6 Å². The lowest BCUT2D eigenvalue weighted by molar-refractivity contribution is -0.385. The molecule has 0 spiro atoms. The third-order valence-corrected chi connectivity index (χ3v) is 2.30.